The van der Waals surface area contributed by atoms with Gasteiger partial charge in [-0.3, -0.25) is 0 Å². The van der Waals surface area contributed by atoms with Crippen molar-refractivity contribution in [3.63, 3.8) is 0 Å². The molecule has 0 saturated carbocycles. The molecule has 0 heterocycles. The molecule has 0 radical (unpaired) electrons. The first kappa shape index (κ1) is 25.5. The number of hydrogen-bond donors (Lipinski definition) is 0. The molecule has 0 unspecified atom stereocenters. The molecule has 0 aromatic carbocycles. The summed E-state index contributed by atoms with van der Waals surface area (Å²) in [7, 11) is 4.66. The average molecular weight is 441 g/mol. The Morgan fingerprint density at radius 1 is 0.400 bits per heavy atom. The molecule has 0 aromatic rings. The van der Waals surface area contributed by atoms with E-state index in [0.717, 1.165) is 0 Å². The van der Waals surface area contributed by atoms with Gasteiger partial charge in [0.15, 0.2) is 0 Å². The summed E-state index contributed by atoms with van der Waals surface area (Å²) in [4.78, 5) is 0. The zero-order chi connectivity index (χ0) is 20.3. The van der Waals surface area contributed by atoms with Crippen molar-refractivity contribution in [2.45, 2.75) is 119 Å². The first-order chi connectivity index (χ1) is 11.2. The predicted molar refractivity (Wildman–Crippen MR) is 110 cm³/mol. The zero-order valence-corrected chi connectivity index (χ0v) is 21.7. The number of rotatable bonds is 10. The van der Waals surface area contributed by atoms with Crippen LogP contribution >= 0.6 is 0 Å². The van der Waals surface area contributed by atoms with Crippen LogP contribution in [0.4, 0.5) is 0 Å². The molecular weight excluding hydrogens is 392 g/mol. The quantitative estimate of drug-likeness (QED) is 0.456. The van der Waals surface area contributed by atoms with Crippen LogP contribution < -0.4 is 0 Å². The molecule has 0 saturated heterocycles. The summed E-state index contributed by atoms with van der Waals surface area (Å²) in [5.74, 6) is 0. The van der Waals surface area contributed by atoms with Crippen molar-refractivity contribution in [1.29, 1.82) is 0 Å². The Morgan fingerprint density at radius 3 is 0.640 bits per heavy atom. The van der Waals surface area contributed by atoms with Gasteiger partial charge in [-0.05, 0) is 0 Å². The molecule has 4 nitrogen and oxygen atoms in total. The maximum atomic E-state index is 2.88. The van der Waals surface area contributed by atoms with Gasteiger partial charge in [-0.25, -0.2) is 0 Å². The summed E-state index contributed by atoms with van der Waals surface area (Å²) >= 11 is -3.05. The predicted octanol–water partition coefficient (Wildman–Crippen LogP) is 4.72. The van der Waals surface area contributed by atoms with E-state index in [9.17, 15) is 0 Å². The van der Waals surface area contributed by atoms with E-state index in [-0.39, 0.29) is 0 Å². The van der Waals surface area contributed by atoms with Crippen LogP contribution in [0.3, 0.4) is 0 Å². The van der Waals surface area contributed by atoms with Crippen LogP contribution in [-0.2, 0) is 17.1 Å². The van der Waals surface area contributed by atoms with E-state index in [1.54, 1.807) is 0 Å². The zero-order valence-electron chi connectivity index (χ0n) is 19.7. The van der Waals surface area contributed by atoms with E-state index in [0.29, 0.717) is 36.3 Å². The molecular formula is C20H48MoN4. The Labute approximate surface area is 164 Å². The normalized spacial score (nSPS) is 15.0. The van der Waals surface area contributed by atoms with Crippen molar-refractivity contribution >= 4 is 0 Å². The molecule has 0 N–H and O–H groups in total. The molecule has 0 aliphatic rings. The van der Waals surface area contributed by atoms with Crippen LogP contribution in [0, 0.1) is 0 Å². The van der Waals surface area contributed by atoms with E-state index in [1.165, 1.54) is 0 Å². The average Bonchev–Trinajstić information content (AvgIpc) is 2.34. The van der Waals surface area contributed by atoms with Gasteiger partial charge < -0.3 is 0 Å². The van der Waals surface area contributed by atoms with Gasteiger partial charge >= 0.3 is 164 Å². The van der Waals surface area contributed by atoms with Crippen molar-refractivity contribution in [2.24, 2.45) is 0 Å². The van der Waals surface area contributed by atoms with E-state index in [4.69, 9.17) is 0 Å². The van der Waals surface area contributed by atoms with Crippen LogP contribution in [0.1, 0.15) is 83.1 Å². The summed E-state index contributed by atoms with van der Waals surface area (Å²) in [6, 6.07) is 3.10. The standard InChI is InChI=1S/3C6H14N.C2H6N.Mo/c3*1-5(2)7-6(3)4;1-3-2;/h3*5-6H,1-4H3;1-2H3;/q4*-1;+4. The summed E-state index contributed by atoms with van der Waals surface area (Å²) in [6.07, 6.45) is 0. The Kier molecular flexibility index (Phi) is 10.4. The Bertz CT molecular complexity index is 304. The molecule has 0 aliphatic heterocycles. The van der Waals surface area contributed by atoms with Crippen molar-refractivity contribution in [1.82, 2.24) is 13.8 Å². The van der Waals surface area contributed by atoms with Gasteiger partial charge in [0, 0.05) is 0 Å². The van der Waals surface area contributed by atoms with Gasteiger partial charge in [0.1, 0.15) is 0 Å². The van der Waals surface area contributed by atoms with Gasteiger partial charge in [-0.1, -0.05) is 0 Å². The molecule has 5 heteroatoms. The SMILES string of the molecule is CC(C)[N](C(C)C)[Mo]([N](C)C)([N](C(C)C)C(C)C)[N](C(C)C)C(C)C. The Morgan fingerprint density at radius 2 is 0.560 bits per heavy atom. The first-order valence-electron chi connectivity index (χ1n) is 10.1. The molecule has 25 heavy (non-hydrogen) atoms. The van der Waals surface area contributed by atoms with E-state index in [1.807, 2.05) is 0 Å². The number of nitrogens with zero attached hydrogens (tertiary/aromatic N) is 4. The van der Waals surface area contributed by atoms with Gasteiger partial charge in [-0.2, -0.15) is 0 Å². The molecule has 0 bridgehead atoms. The van der Waals surface area contributed by atoms with E-state index < -0.39 is 17.1 Å². The summed E-state index contributed by atoms with van der Waals surface area (Å²) in [6.45, 7) is 28.5. The molecule has 0 aromatic heterocycles. The second-order valence-electron chi connectivity index (χ2n) is 8.94. The second kappa shape index (κ2) is 10.2. The van der Waals surface area contributed by atoms with Crippen LogP contribution in [0.5, 0.6) is 0 Å². The third-order valence-corrected chi connectivity index (χ3v) is 17.2. The molecule has 0 amide bonds. The second-order valence-corrected chi connectivity index (χ2v) is 16.3. The minimum absolute atomic E-state index is 0.517. The summed E-state index contributed by atoms with van der Waals surface area (Å²) < 4.78 is 11.3. The van der Waals surface area contributed by atoms with Crippen LogP contribution in [0.15, 0.2) is 0 Å². The van der Waals surface area contributed by atoms with E-state index in [2.05, 4.69) is 111 Å². The van der Waals surface area contributed by atoms with Crippen LogP contribution in [-0.4, -0.2) is 64.2 Å². The monoisotopic (exact) mass is 442 g/mol. The molecule has 0 atom stereocenters. The van der Waals surface area contributed by atoms with Gasteiger partial charge in [0.2, 0.25) is 0 Å². The maximum absolute atomic E-state index is 3.05. The minimum atomic E-state index is -3.05. The molecule has 0 spiro atoms. The van der Waals surface area contributed by atoms with Gasteiger partial charge in [-0.15, -0.1) is 0 Å². The van der Waals surface area contributed by atoms with Gasteiger partial charge in [0.05, 0.1) is 0 Å². The van der Waals surface area contributed by atoms with Crippen molar-refractivity contribution in [3.8, 4) is 0 Å². The fourth-order valence-electron chi connectivity index (χ4n) is 4.38. The van der Waals surface area contributed by atoms with Crippen molar-refractivity contribution in [3.05, 3.63) is 0 Å². The van der Waals surface area contributed by atoms with Crippen LogP contribution in [0.25, 0.3) is 0 Å². The third kappa shape index (κ3) is 5.29. The first-order valence-corrected chi connectivity index (χ1v) is 13.7. The summed E-state index contributed by atoms with van der Waals surface area (Å²) in [5, 5.41) is 0. The van der Waals surface area contributed by atoms with Crippen molar-refractivity contribution in [2.75, 3.05) is 14.1 Å². The number of hydrogen-bond acceptors (Lipinski definition) is 4. The fourth-order valence-corrected chi connectivity index (χ4v) is 17.1. The Hall–Kier alpha value is 0.528. The Balaban J connectivity index is 6.98. The van der Waals surface area contributed by atoms with Crippen LogP contribution in [0.2, 0.25) is 0 Å². The fraction of sp³-hybridized carbons (Fsp3) is 1.00. The van der Waals surface area contributed by atoms with Gasteiger partial charge in [0.25, 0.3) is 0 Å². The van der Waals surface area contributed by atoms with E-state index >= 15 is 0 Å². The topological polar surface area (TPSA) is 13.0 Å². The molecule has 0 fully saturated rings. The molecule has 0 aliphatic carbocycles. The molecule has 0 rings (SSSR count). The molecule has 154 valence electrons. The summed E-state index contributed by atoms with van der Waals surface area (Å²) in [5.41, 5.74) is 0. The van der Waals surface area contributed by atoms with Crippen molar-refractivity contribution < 1.29 is 17.1 Å². The third-order valence-electron chi connectivity index (χ3n) is 4.39.